The zero-order valence-electron chi connectivity index (χ0n) is 16.9. The van der Waals surface area contributed by atoms with E-state index in [1.165, 1.54) is 0 Å². The molecule has 0 saturated heterocycles. The third-order valence-electron chi connectivity index (χ3n) is 4.28. The molecule has 0 amide bonds. The molecule has 0 saturated carbocycles. The van der Waals surface area contributed by atoms with Gasteiger partial charge in [0.1, 0.15) is 0 Å². The van der Waals surface area contributed by atoms with Crippen molar-refractivity contribution in [2.45, 2.75) is 0 Å². The molecular weight excluding hydrogens is 384 g/mol. The van der Waals surface area contributed by atoms with Gasteiger partial charge in [0.05, 0.1) is 0 Å². The lowest BCUT2D eigenvalue weighted by Gasteiger charge is -1.94. The van der Waals surface area contributed by atoms with E-state index in [4.69, 9.17) is 0 Å². The van der Waals surface area contributed by atoms with Crippen molar-refractivity contribution < 1.29 is 0 Å². The molecule has 0 radical (unpaired) electrons. The molecule has 4 rings (SSSR count). The fourth-order valence-electron chi connectivity index (χ4n) is 2.76. The fraction of sp³-hybridized carbons (Fsp3) is 0. The van der Waals surface area contributed by atoms with Crippen molar-refractivity contribution in [1.82, 2.24) is 0 Å². The lowest BCUT2D eigenvalue weighted by atomic mass is 10.1. The number of fused-ring (bicyclic) bond motifs is 3. The van der Waals surface area contributed by atoms with Gasteiger partial charge in [0, 0.05) is 33.4 Å². The molecule has 1 aliphatic carbocycles. The summed E-state index contributed by atoms with van der Waals surface area (Å²) < 4.78 is 0. The minimum absolute atomic E-state index is 0.797. The second kappa shape index (κ2) is 10.4. The molecule has 0 atom stereocenters. The summed E-state index contributed by atoms with van der Waals surface area (Å²) in [7, 11) is 0. The molecule has 1 aliphatic rings. The monoisotopic (exact) mass is 396 g/mol. The van der Waals surface area contributed by atoms with Crippen molar-refractivity contribution in [2.75, 3.05) is 0 Å². The van der Waals surface area contributed by atoms with Gasteiger partial charge >= 0.3 is 0 Å². The lowest BCUT2D eigenvalue weighted by Crippen LogP contribution is -1.83. The van der Waals surface area contributed by atoms with Crippen LogP contribution in [-0.2, 0) is 0 Å². The number of benzene rings is 3. The number of rotatable bonds is 0. The Balaban J connectivity index is 1.84. The SMILES string of the molecule is C1#CC#Cc2ccccc2C#CC#Cc2ccccc2C#CC#Cc2ccccc2C#C1. The lowest BCUT2D eigenvalue weighted by molar-refractivity contribution is 1.58. The van der Waals surface area contributed by atoms with Gasteiger partial charge in [-0.3, -0.25) is 0 Å². The van der Waals surface area contributed by atoms with E-state index in [0.717, 1.165) is 33.4 Å². The second-order valence-corrected chi connectivity index (χ2v) is 6.39. The van der Waals surface area contributed by atoms with E-state index < -0.39 is 0 Å². The van der Waals surface area contributed by atoms with E-state index in [-0.39, 0.29) is 0 Å². The van der Waals surface area contributed by atoms with Crippen LogP contribution in [0.4, 0.5) is 0 Å². The summed E-state index contributed by atoms with van der Waals surface area (Å²) >= 11 is 0. The van der Waals surface area contributed by atoms with Gasteiger partial charge in [-0.15, -0.1) is 0 Å². The molecule has 140 valence electrons. The van der Waals surface area contributed by atoms with Gasteiger partial charge in [-0.1, -0.05) is 71.9 Å². The number of hydrogen-bond donors (Lipinski definition) is 0. The fourth-order valence-corrected chi connectivity index (χ4v) is 2.76. The van der Waals surface area contributed by atoms with Crippen LogP contribution < -0.4 is 0 Å². The van der Waals surface area contributed by atoms with Gasteiger partial charge in [0.15, 0.2) is 0 Å². The van der Waals surface area contributed by atoms with E-state index >= 15 is 0 Å². The van der Waals surface area contributed by atoms with E-state index in [1.807, 2.05) is 72.8 Å². The van der Waals surface area contributed by atoms with Crippen LogP contribution in [0, 0.1) is 82.9 Å². The Morgan fingerprint density at radius 3 is 0.656 bits per heavy atom. The summed E-state index contributed by atoms with van der Waals surface area (Å²) in [6.07, 6.45) is 0. The van der Waals surface area contributed by atoms with Crippen LogP contribution in [0.5, 0.6) is 0 Å². The van der Waals surface area contributed by atoms with E-state index in [9.17, 15) is 0 Å². The third-order valence-corrected chi connectivity index (χ3v) is 4.28. The highest BCUT2D eigenvalue weighted by atomic mass is 14.0. The van der Waals surface area contributed by atoms with E-state index in [2.05, 4.69) is 82.9 Å². The molecule has 0 bridgehead atoms. The van der Waals surface area contributed by atoms with Crippen molar-refractivity contribution in [3.63, 3.8) is 0 Å². The maximum Gasteiger partial charge on any atom is 0.0412 e. The Labute approximate surface area is 189 Å². The quantitative estimate of drug-likeness (QED) is 0.500. The van der Waals surface area contributed by atoms with Crippen LogP contribution >= 0.6 is 0 Å². The summed E-state index contributed by atoms with van der Waals surface area (Å²) in [5.74, 6) is 41.2. The molecule has 0 unspecified atom stereocenters. The first-order chi connectivity index (χ1) is 15.9. The predicted molar refractivity (Wildman–Crippen MR) is 128 cm³/mol. The van der Waals surface area contributed by atoms with Crippen molar-refractivity contribution in [1.29, 1.82) is 0 Å². The largest absolute Gasteiger partial charge is 0.0609 e. The second-order valence-electron chi connectivity index (χ2n) is 6.39. The first-order valence-electron chi connectivity index (χ1n) is 9.73. The molecule has 0 heteroatoms. The molecular formula is C32H12. The van der Waals surface area contributed by atoms with Crippen molar-refractivity contribution in [2.24, 2.45) is 0 Å². The van der Waals surface area contributed by atoms with Crippen LogP contribution in [0.15, 0.2) is 72.8 Å². The van der Waals surface area contributed by atoms with Crippen LogP contribution in [0.3, 0.4) is 0 Å². The maximum absolute atomic E-state index is 3.08. The molecule has 0 aliphatic heterocycles. The highest BCUT2D eigenvalue weighted by molar-refractivity contribution is 5.58. The van der Waals surface area contributed by atoms with Crippen molar-refractivity contribution in [3.8, 4) is 82.9 Å². The van der Waals surface area contributed by atoms with Gasteiger partial charge in [0.2, 0.25) is 0 Å². The van der Waals surface area contributed by atoms with Gasteiger partial charge < -0.3 is 0 Å². The normalized spacial score (nSPS) is 9.88. The highest BCUT2D eigenvalue weighted by Crippen LogP contribution is 2.07. The Hall–Kier alpha value is -5.42. The van der Waals surface area contributed by atoms with Crippen LogP contribution in [0.2, 0.25) is 0 Å². The summed E-state index contributed by atoms with van der Waals surface area (Å²) in [5.41, 5.74) is 4.80. The van der Waals surface area contributed by atoms with Crippen molar-refractivity contribution >= 4 is 0 Å². The summed E-state index contributed by atoms with van der Waals surface area (Å²) in [5, 5.41) is 0. The van der Waals surface area contributed by atoms with Crippen LogP contribution in [0.1, 0.15) is 33.4 Å². The third kappa shape index (κ3) is 5.34. The van der Waals surface area contributed by atoms with Crippen molar-refractivity contribution in [3.05, 3.63) is 106 Å². The van der Waals surface area contributed by atoms with E-state index in [1.54, 1.807) is 0 Å². The predicted octanol–water partition coefficient (Wildman–Crippen LogP) is 4.21. The summed E-state index contributed by atoms with van der Waals surface area (Å²) in [6, 6.07) is 23.0. The van der Waals surface area contributed by atoms with Gasteiger partial charge in [0.25, 0.3) is 0 Å². The first-order valence-corrected chi connectivity index (χ1v) is 9.73. The zero-order chi connectivity index (χ0) is 21.8. The molecule has 3 aromatic carbocycles. The molecule has 0 fully saturated rings. The minimum atomic E-state index is 0.797. The Morgan fingerprint density at radius 1 is 0.250 bits per heavy atom. The standard InChI is InChI=1S/C32H12/c1-2-4-16-28-18-6-8-20-30(28)22-10-12-24-32-26-14-13-25-31(32)23-11-9-21-29-19-7-5-17-27(29)15-3-1/h5-8,13-14,17-20,25-26H. The molecule has 0 nitrogen and oxygen atoms in total. The summed E-state index contributed by atoms with van der Waals surface area (Å²) in [4.78, 5) is 0. The first kappa shape index (κ1) is 19.9. The van der Waals surface area contributed by atoms with Gasteiger partial charge in [-0.05, 0) is 83.8 Å². The maximum atomic E-state index is 3.08. The smallest absolute Gasteiger partial charge is 0.0412 e. The average molecular weight is 396 g/mol. The molecule has 32 heavy (non-hydrogen) atoms. The topological polar surface area (TPSA) is 0 Å². The van der Waals surface area contributed by atoms with Gasteiger partial charge in [-0.25, -0.2) is 0 Å². The zero-order valence-corrected chi connectivity index (χ0v) is 16.9. The summed E-state index contributed by atoms with van der Waals surface area (Å²) in [6.45, 7) is 0. The molecule has 3 aromatic rings. The Morgan fingerprint density at radius 2 is 0.438 bits per heavy atom. The van der Waals surface area contributed by atoms with Crippen LogP contribution in [0.25, 0.3) is 0 Å². The minimum Gasteiger partial charge on any atom is -0.0609 e. The molecule has 0 heterocycles. The Kier molecular flexibility index (Phi) is 6.45. The van der Waals surface area contributed by atoms with Gasteiger partial charge in [-0.2, -0.15) is 0 Å². The highest BCUT2D eigenvalue weighted by Gasteiger charge is 1.96. The van der Waals surface area contributed by atoms with E-state index in [0.29, 0.717) is 0 Å². The molecule has 0 aromatic heterocycles. The Bertz CT molecular complexity index is 1520. The number of hydrogen-bond acceptors (Lipinski definition) is 0. The average Bonchev–Trinajstić information content (AvgIpc) is 2.83. The molecule has 0 spiro atoms. The van der Waals surface area contributed by atoms with Crippen LogP contribution in [-0.4, -0.2) is 0 Å². The molecule has 0 N–H and O–H groups in total.